The number of nitrogens with two attached hydrogens (primary N) is 2. The maximum absolute atomic E-state index is 13.9. The predicted octanol–water partition coefficient (Wildman–Crippen LogP) is 4.33. The number of carbonyl (C=O) groups is 2. The van der Waals surface area contributed by atoms with Crippen molar-refractivity contribution in [3.05, 3.63) is 27.8 Å². The molecule has 0 bridgehead atoms. The number of thiophene rings is 1. The van der Waals surface area contributed by atoms with Crippen LogP contribution in [-0.2, 0) is 26.2 Å². The van der Waals surface area contributed by atoms with Gasteiger partial charge in [0.1, 0.15) is 34.8 Å². The normalized spacial score (nSPS) is 25.5. The van der Waals surface area contributed by atoms with Crippen LogP contribution in [0.3, 0.4) is 0 Å². The number of nitriles is 1. The van der Waals surface area contributed by atoms with Gasteiger partial charge in [0, 0.05) is 48.7 Å². The lowest BCUT2D eigenvalue weighted by atomic mass is 9.72. The monoisotopic (exact) mass is 711 g/mol. The molecule has 2 fully saturated rings. The van der Waals surface area contributed by atoms with Crippen LogP contribution in [0.4, 0.5) is 15.6 Å². The highest BCUT2D eigenvalue weighted by molar-refractivity contribution is 7.16. The number of hydroxylamine groups is 2. The summed E-state index contributed by atoms with van der Waals surface area (Å²) < 4.78 is 12.1. The molecule has 15 heteroatoms. The van der Waals surface area contributed by atoms with Crippen molar-refractivity contribution in [3.63, 3.8) is 0 Å². The molecule has 274 valence electrons. The lowest BCUT2D eigenvalue weighted by molar-refractivity contribution is -0.202. The first-order valence-corrected chi connectivity index (χ1v) is 18.3. The van der Waals surface area contributed by atoms with E-state index in [2.05, 4.69) is 22.9 Å². The SMILES string of the molecule is CC1C(C)N(c2cc(C(N)N(C)OC(=O)[C@@]3(C)CCCc4sc(N)c(C#N)c43)nc(O[C@@H](C)[C@@H]3CCCN3C)n2)CCN1C(=O)OC(C)(C)C. The maximum Gasteiger partial charge on any atom is 0.410 e. The number of carbonyl (C=O) groups excluding carboxylic acids is 2. The van der Waals surface area contributed by atoms with Crippen LogP contribution in [0.1, 0.15) is 102 Å². The minimum atomic E-state index is -1.06. The maximum atomic E-state index is 13.9. The van der Waals surface area contributed by atoms with Crippen molar-refractivity contribution >= 4 is 34.2 Å². The second-order valence-corrected chi connectivity index (χ2v) is 16.2. The number of likely N-dealkylation sites (N-methyl/N-ethyl adjacent to an activating group) is 1. The molecule has 0 radical (unpaired) electrons. The Labute approximate surface area is 299 Å². The fourth-order valence-corrected chi connectivity index (χ4v) is 8.57. The van der Waals surface area contributed by atoms with Crippen molar-refractivity contribution in [2.45, 2.75) is 122 Å². The lowest BCUT2D eigenvalue weighted by Crippen LogP contribution is -2.60. The minimum Gasteiger partial charge on any atom is -0.459 e. The Morgan fingerprint density at radius 3 is 2.54 bits per heavy atom. The van der Waals surface area contributed by atoms with Crippen LogP contribution in [-0.4, -0.2) is 100 Å². The van der Waals surface area contributed by atoms with E-state index >= 15 is 0 Å². The highest BCUT2D eigenvalue weighted by atomic mass is 32.1. The smallest absolute Gasteiger partial charge is 0.410 e. The van der Waals surface area contributed by atoms with Gasteiger partial charge in [-0.2, -0.15) is 15.2 Å². The van der Waals surface area contributed by atoms with Gasteiger partial charge in [0.15, 0.2) is 0 Å². The van der Waals surface area contributed by atoms with E-state index in [0.717, 1.165) is 37.1 Å². The molecule has 50 heavy (non-hydrogen) atoms. The van der Waals surface area contributed by atoms with Crippen LogP contribution in [0.5, 0.6) is 6.01 Å². The van der Waals surface area contributed by atoms with E-state index in [0.29, 0.717) is 47.2 Å². The number of rotatable bonds is 8. The predicted molar refractivity (Wildman–Crippen MR) is 192 cm³/mol. The Morgan fingerprint density at radius 1 is 1.18 bits per heavy atom. The molecule has 0 saturated carbocycles. The van der Waals surface area contributed by atoms with Gasteiger partial charge in [-0.3, -0.25) is 4.90 Å². The van der Waals surface area contributed by atoms with Gasteiger partial charge in [-0.25, -0.2) is 9.59 Å². The molecule has 0 aromatic carbocycles. The molecule has 3 aliphatic rings. The van der Waals surface area contributed by atoms with Crippen LogP contribution >= 0.6 is 11.3 Å². The number of nitrogens with zero attached hydrogens (tertiary/aromatic N) is 7. The molecule has 14 nitrogen and oxygen atoms in total. The second-order valence-electron chi connectivity index (χ2n) is 15.1. The van der Waals surface area contributed by atoms with E-state index in [1.807, 2.05) is 41.5 Å². The molecular formula is C35H53N9O5S. The van der Waals surface area contributed by atoms with Crippen LogP contribution < -0.4 is 21.1 Å². The zero-order valence-corrected chi connectivity index (χ0v) is 31.7. The summed E-state index contributed by atoms with van der Waals surface area (Å²) in [5.74, 6) is 0.0710. The van der Waals surface area contributed by atoms with Crippen molar-refractivity contribution in [2.24, 2.45) is 5.73 Å². The van der Waals surface area contributed by atoms with E-state index in [9.17, 15) is 14.9 Å². The van der Waals surface area contributed by atoms with Gasteiger partial charge in [-0.1, -0.05) is 0 Å². The van der Waals surface area contributed by atoms with Crippen LogP contribution in [0.15, 0.2) is 6.07 Å². The minimum absolute atomic E-state index is 0.134. The van der Waals surface area contributed by atoms with E-state index in [-0.39, 0.29) is 36.3 Å². The van der Waals surface area contributed by atoms with E-state index in [1.165, 1.54) is 16.4 Å². The molecule has 6 atom stereocenters. The number of aromatic nitrogens is 2. The van der Waals surface area contributed by atoms with E-state index < -0.39 is 23.2 Å². The van der Waals surface area contributed by atoms with Crippen molar-refractivity contribution in [2.75, 3.05) is 44.4 Å². The van der Waals surface area contributed by atoms with Crippen molar-refractivity contribution in [1.82, 2.24) is 24.8 Å². The highest BCUT2D eigenvalue weighted by Crippen LogP contribution is 2.46. The van der Waals surface area contributed by atoms with Gasteiger partial charge in [0.2, 0.25) is 0 Å². The summed E-state index contributed by atoms with van der Waals surface area (Å²) in [6, 6.07) is 4.05. The molecule has 4 N–H and O–H groups in total. The van der Waals surface area contributed by atoms with Gasteiger partial charge >= 0.3 is 18.1 Å². The Kier molecular flexibility index (Phi) is 10.9. The number of likely N-dealkylation sites (tertiary alicyclic amines) is 1. The first-order chi connectivity index (χ1) is 23.4. The number of hydrogen-bond donors (Lipinski definition) is 2. The molecule has 2 saturated heterocycles. The third-order valence-electron chi connectivity index (χ3n) is 10.4. The van der Waals surface area contributed by atoms with E-state index in [1.54, 1.807) is 24.9 Å². The van der Waals surface area contributed by atoms with E-state index in [4.69, 9.17) is 35.7 Å². The van der Waals surface area contributed by atoms with Crippen LogP contribution in [0, 0.1) is 11.3 Å². The van der Waals surface area contributed by atoms with Gasteiger partial charge in [0.25, 0.3) is 0 Å². The number of piperazine rings is 1. The Bertz CT molecular complexity index is 1620. The molecule has 2 aromatic heterocycles. The summed E-state index contributed by atoms with van der Waals surface area (Å²) >= 11 is 1.36. The largest absolute Gasteiger partial charge is 0.459 e. The van der Waals surface area contributed by atoms with Gasteiger partial charge in [0.05, 0.1) is 22.7 Å². The number of nitrogen functional groups attached to an aromatic ring is 1. The fourth-order valence-electron chi connectivity index (χ4n) is 7.37. The van der Waals surface area contributed by atoms with Gasteiger partial charge < -0.3 is 35.6 Å². The zero-order chi connectivity index (χ0) is 36.7. The second kappa shape index (κ2) is 14.5. The highest BCUT2D eigenvalue weighted by Gasteiger charge is 2.45. The summed E-state index contributed by atoms with van der Waals surface area (Å²) in [7, 11) is 3.68. The first kappa shape index (κ1) is 37.5. The van der Waals surface area contributed by atoms with Crippen LogP contribution in [0.2, 0.25) is 0 Å². The average molecular weight is 712 g/mol. The molecule has 0 spiro atoms. The third kappa shape index (κ3) is 7.49. The van der Waals surface area contributed by atoms with Crippen molar-refractivity contribution in [1.29, 1.82) is 5.26 Å². The number of ether oxygens (including phenoxy) is 2. The molecule has 2 aromatic rings. The van der Waals surface area contributed by atoms with Crippen molar-refractivity contribution < 1.29 is 23.9 Å². The molecule has 4 heterocycles. The Hall–Kier alpha value is -3.71. The topological polar surface area (TPSA) is 176 Å². The molecule has 3 unspecified atom stereocenters. The Morgan fingerprint density at radius 2 is 1.90 bits per heavy atom. The number of anilines is 2. The standard InChI is InChI=1S/C35H53N9O5S/c1-20-21(2)44(33(46)48-34(4,5)6)17-16-43(20)27-18-24(39-32(40-27)47-22(3)25-12-11-15-41(25)8)29(37)42(9)49-31(45)35(7)14-10-13-26-28(35)23(19-36)30(38)50-26/h18,20-22,25,29H,10-17,37-38H2,1-9H3/t20?,21?,22-,25-,29?,35-/m0/s1. The Balaban J connectivity index is 1.41. The molecular weight excluding hydrogens is 659 g/mol. The summed E-state index contributed by atoms with van der Waals surface area (Å²) in [6.45, 7) is 15.3. The summed E-state index contributed by atoms with van der Waals surface area (Å²) in [6.07, 6.45) is 2.62. The van der Waals surface area contributed by atoms with Crippen molar-refractivity contribution in [3.8, 4) is 12.1 Å². The average Bonchev–Trinajstić information content (AvgIpc) is 3.63. The molecule has 1 amide bonds. The first-order valence-electron chi connectivity index (χ1n) is 17.5. The number of amides is 1. The number of aryl methyl sites for hydroxylation is 1. The van der Waals surface area contributed by atoms with Gasteiger partial charge in [-0.05, 0) is 94.2 Å². The third-order valence-corrected chi connectivity index (χ3v) is 11.5. The number of hydrogen-bond acceptors (Lipinski definition) is 14. The lowest BCUT2D eigenvalue weighted by Gasteiger charge is -2.45. The van der Waals surface area contributed by atoms with Gasteiger partial charge in [-0.15, -0.1) is 16.4 Å². The number of fused-ring (bicyclic) bond motifs is 1. The fraction of sp³-hybridized carbons (Fsp3) is 0.686. The molecule has 2 aliphatic heterocycles. The summed E-state index contributed by atoms with van der Waals surface area (Å²) in [5.41, 5.74) is 12.7. The quantitative estimate of drug-likeness (QED) is 0.293. The molecule has 5 rings (SSSR count). The summed E-state index contributed by atoms with van der Waals surface area (Å²) in [5, 5.41) is 11.6. The molecule has 1 aliphatic carbocycles. The zero-order valence-electron chi connectivity index (χ0n) is 30.9. The van der Waals surface area contributed by atoms with Crippen LogP contribution in [0.25, 0.3) is 0 Å². The summed E-state index contributed by atoms with van der Waals surface area (Å²) in [4.78, 5) is 49.5.